The zero-order valence-corrected chi connectivity index (χ0v) is 14.1. The molecule has 8 heteroatoms. The fourth-order valence-electron chi connectivity index (χ4n) is 2.39. The number of amides is 1. The molecule has 1 saturated heterocycles. The molecule has 0 radical (unpaired) electrons. The molecule has 1 aromatic heterocycles. The molecule has 0 bridgehead atoms. The number of rotatable bonds is 8. The highest BCUT2D eigenvalue weighted by atomic mass is 32.2. The number of aromatic amines is 1. The van der Waals surface area contributed by atoms with Crippen molar-refractivity contribution in [3.8, 4) is 0 Å². The second kappa shape index (κ2) is 9.12. The van der Waals surface area contributed by atoms with Crippen molar-refractivity contribution in [3.63, 3.8) is 0 Å². The number of aryl methyl sites for hydroxylation is 1. The second-order valence-electron chi connectivity index (χ2n) is 5.22. The highest BCUT2D eigenvalue weighted by molar-refractivity contribution is 7.99. The standard InChI is InChI=1S/C14H25N5O2S/c1-3-11(19-5-7-21-8-6-19)9-15-13(20)10-22-14-16-12(4-2)17-18-14/h11H,3-10H2,1-2H3,(H,15,20)(H,16,17,18)/t11-/m1/s1. The molecule has 0 spiro atoms. The van der Waals surface area contributed by atoms with Crippen LogP contribution in [0.15, 0.2) is 5.16 Å². The Labute approximate surface area is 135 Å². The Morgan fingerprint density at radius 1 is 1.45 bits per heavy atom. The molecule has 7 nitrogen and oxygen atoms in total. The molecule has 2 rings (SSSR count). The maximum atomic E-state index is 12.0. The van der Waals surface area contributed by atoms with E-state index >= 15 is 0 Å². The molecule has 2 heterocycles. The number of H-pyrrole nitrogens is 1. The molecule has 0 aliphatic carbocycles. The zero-order valence-electron chi connectivity index (χ0n) is 13.3. The van der Waals surface area contributed by atoms with Crippen LogP contribution >= 0.6 is 11.8 Å². The minimum atomic E-state index is 0.0274. The zero-order chi connectivity index (χ0) is 15.8. The quantitative estimate of drug-likeness (QED) is 0.684. The third-order valence-electron chi connectivity index (χ3n) is 3.75. The summed E-state index contributed by atoms with van der Waals surface area (Å²) in [6.45, 7) is 8.30. The van der Waals surface area contributed by atoms with Gasteiger partial charge in [-0.05, 0) is 6.42 Å². The molecule has 0 aromatic carbocycles. The van der Waals surface area contributed by atoms with E-state index in [0.29, 0.717) is 23.5 Å². The van der Waals surface area contributed by atoms with Gasteiger partial charge in [0.1, 0.15) is 5.82 Å². The Morgan fingerprint density at radius 3 is 2.86 bits per heavy atom. The van der Waals surface area contributed by atoms with Crippen molar-refractivity contribution in [2.24, 2.45) is 0 Å². The summed E-state index contributed by atoms with van der Waals surface area (Å²) in [6, 6.07) is 0.382. The van der Waals surface area contributed by atoms with E-state index in [1.807, 2.05) is 6.92 Å². The molecule has 1 aliphatic rings. The number of ether oxygens (including phenoxy) is 1. The maximum Gasteiger partial charge on any atom is 0.230 e. The van der Waals surface area contributed by atoms with Crippen molar-refractivity contribution in [3.05, 3.63) is 5.82 Å². The van der Waals surface area contributed by atoms with Crippen LogP contribution in [0.2, 0.25) is 0 Å². The average molecular weight is 327 g/mol. The van der Waals surface area contributed by atoms with Crippen LogP contribution in [0.4, 0.5) is 0 Å². The van der Waals surface area contributed by atoms with E-state index in [0.717, 1.165) is 45.0 Å². The summed E-state index contributed by atoms with van der Waals surface area (Å²) in [5.41, 5.74) is 0. The Kier molecular flexibility index (Phi) is 7.14. The summed E-state index contributed by atoms with van der Waals surface area (Å²) in [4.78, 5) is 18.6. The van der Waals surface area contributed by atoms with Crippen molar-refractivity contribution in [1.82, 2.24) is 25.4 Å². The highest BCUT2D eigenvalue weighted by Gasteiger charge is 2.20. The number of carbonyl (C=O) groups excluding carboxylic acids is 1. The normalized spacial score (nSPS) is 17.4. The largest absolute Gasteiger partial charge is 0.379 e. The predicted molar refractivity (Wildman–Crippen MR) is 86.0 cm³/mol. The Balaban J connectivity index is 1.69. The van der Waals surface area contributed by atoms with Crippen LogP contribution < -0.4 is 5.32 Å². The monoisotopic (exact) mass is 327 g/mol. The van der Waals surface area contributed by atoms with E-state index in [1.165, 1.54) is 11.8 Å². The summed E-state index contributed by atoms with van der Waals surface area (Å²) >= 11 is 1.36. The van der Waals surface area contributed by atoms with Gasteiger partial charge >= 0.3 is 0 Å². The van der Waals surface area contributed by atoms with Crippen LogP contribution in [-0.2, 0) is 16.0 Å². The van der Waals surface area contributed by atoms with Gasteiger partial charge in [0.05, 0.1) is 19.0 Å². The number of hydrogen-bond acceptors (Lipinski definition) is 6. The number of thioether (sulfide) groups is 1. The van der Waals surface area contributed by atoms with Crippen LogP contribution in [0.1, 0.15) is 26.1 Å². The first-order valence-corrected chi connectivity index (χ1v) is 8.84. The van der Waals surface area contributed by atoms with Gasteiger partial charge in [-0.15, -0.1) is 5.10 Å². The van der Waals surface area contributed by atoms with Gasteiger partial charge in [0, 0.05) is 32.1 Å². The van der Waals surface area contributed by atoms with Crippen LogP contribution in [-0.4, -0.2) is 70.6 Å². The predicted octanol–water partition coefficient (Wildman–Crippen LogP) is 0.686. The summed E-state index contributed by atoms with van der Waals surface area (Å²) < 4.78 is 5.37. The van der Waals surface area contributed by atoms with E-state index in [-0.39, 0.29) is 5.91 Å². The Morgan fingerprint density at radius 2 is 2.23 bits per heavy atom. The number of nitrogens with zero attached hydrogens (tertiary/aromatic N) is 3. The number of nitrogens with one attached hydrogen (secondary N) is 2. The lowest BCUT2D eigenvalue weighted by Gasteiger charge is -2.34. The molecule has 22 heavy (non-hydrogen) atoms. The van der Waals surface area contributed by atoms with Gasteiger partial charge in [-0.25, -0.2) is 4.98 Å². The van der Waals surface area contributed by atoms with Gasteiger partial charge in [0.15, 0.2) is 0 Å². The first-order chi connectivity index (χ1) is 10.7. The van der Waals surface area contributed by atoms with E-state index in [2.05, 4.69) is 32.3 Å². The third-order valence-corrected chi connectivity index (χ3v) is 4.59. The average Bonchev–Trinajstić information content (AvgIpc) is 3.02. The maximum absolute atomic E-state index is 12.0. The van der Waals surface area contributed by atoms with Gasteiger partial charge in [0.2, 0.25) is 11.1 Å². The highest BCUT2D eigenvalue weighted by Crippen LogP contribution is 2.12. The molecule has 1 aliphatic heterocycles. The lowest BCUT2D eigenvalue weighted by molar-refractivity contribution is -0.118. The first kappa shape index (κ1) is 17.2. The number of hydrogen-bond donors (Lipinski definition) is 2. The smallest absolute Gasteiger partial charge is 0.230 e. The molecule has 124 valence electrons. The molecule has 2 N–H and O–H groups in total. The lowest BCUT2D eigenvalue weighted by atomic mass is 10.2. The molecule has 1 aromatic rings. The van der Waals surface area contributed by atoms with Crippen LogP contribution in [0.5, 0.6) is 0 Å². The Bertz CT molecular complexity index is 462. The van der Waals surface area contributed by atoms with Crippen LogP contribution in [0.3, 0.4) is 0 Å². The first-order valence-electron chi connectivity index (χ1n) is 7.85. The summed E-state index contributed by atoms with van der Waals surface area (Å²) in [6.07, 6.45) is 1.84. The van der Waals surface area contributed by atoms with Crippen LogP contribution in [0, 0.1) is 0 Å². The van der Waals surface area contributed by atoms with Gasteiger partial charge < -0.3 is 10.1 Å². The molecule has 1 atom stereocenters. The van der Waals surface area contributed by atoms with Crippen LogP contribution in [0.25, 0.3) is 0 Å². The minimum Gasteiger partial charge on any atom is -0.379 e. The molecule has 0 saturated carbocycles. The number of morpholine rings is 1. The molecule has 1 fully saturated rings. The molecule has 1 amide bonds. The van der Waals surface area contributed by atoms with E-state index in [1.54, 1.807) is 0 Å². The molecular formula is C14H25N5O2S. The fourth-order valence-corrected chi connectivity index (χ4v) is 3.03. The van der Waals surface area contributed by atoms with Crippen molar-refractivity contribution >= 4 is 17.7 Å². The summed E-state index contributed by atoms with van der Waals surface area (Å²) in [7, 11) is 0. The topological polar surface area (TPSA) is 83.1 Å². The van der Waals surface area contributed by atoms with E-state index in [9.17, 15) is 4.79 Å². The van der Waals surface area contributed by atoms with Crippen molar-refractivity contribution in [1.29, 1.82) is 0 Å². The molecular weight excluding hydrogens is 302 g/mol. The summed E-state index contributed by atoms with van der Waals surface area (Å²) in [5.74, 6) is 1.22. The number of aromatic nitrogens is 3. The van der Waals surface area contributed by atoms with Crippen molar-refractivity contribution in [2.45, 2.75) is 37.9 Å². The number of carbonyl (C=O) groups is 1. The van der Waals surface area contributed by atoms with E-state index < -0.39 is 0 Å². The third kappa shape index (κ3) is 5.26. The lowest BCUT2D eigenvalue weighted by Crippen LogP contribution is -2.48. The summed E-state index contributed by atoms with van der Waals surface area (Å²) in [5, 5.41) is 10.6. The molecule has 0 unspecified atom stereocenters. The second-order valence-corrected chi connectivity index (χ2v) is 6.16. The minimum absolute atomic E-state index is 0.0274. The van der Waals surface area contributed by atoms with Gasteiger partial charge in [0.25, 0.3) is 0 Å². The fraction of sp³-hybridized carbons (Fsp3) is 0.786. The Hall–Kier alpha value is -1.12. The van der Waals surface area contributed by atoms with Gasteiger partial charge in [-0.1, -0.05) is 25.6 Å². The van der Waals surface area contributed by atoms with E-state index in [4.69, 9.17) is 4.74 Å². The SMILES string of the molecule is CCc1nc(SCC(=O)NC[C@@H](CC)N2CCOCC2)n[nH]1. The van der Waals surface area contributed by atoms with Gasteiger partial charge in [-0.2, -0.15) is 0 Å². The van der Waals surface area contributed by atoms with Gasteiger partial charge in [-0.3, -0.25) is 14.8 Å². The van der Waals surface area contributed by atoms with Crippen molar-refractivity contribution < 1.29 is 9.53 Å². The van der Waals surface area contributed by atoms with Crippen molar-refractivity contribution in [2.75, 3.05) is 38.6 Å².